The van der Waals surface area contributed by atoms with Gasteiger partial charge in [0.15, 0.2) is 0 Å². The fraction of sp³-hybridized carbons (Fsp3) is 0.100. The minimum Gasteiger partial charge on any atom is -0.325 e. The number of hydrogen-bond donors (Lipinski definition) is 2. The van der Waals surface area contributed by atoms with Gasteiger partial charge in [-0.2, -0.15) is 0 Å². The number of amides is 1. The molecule has 0 aliphatic carbocycles. The smallest absolute Gasteiger partial charge is 0.263 e. The third-order valence-electron chi connectivity index (χ3n) is 3.83. The molecule has 2 aromatic carbocycles. The standard InChI is InChI=1S/C20H18ClN3O3S2/c1-14(28-17-9-5-15(21)6-10-17)20(25)23-16-7-11-18(12-8-16)29(26,27)24-19-4-2-3-13-22-19/h2-14H,1H3,(H,22,24)(H,23,25)/t14-/m0/s1. The van der Waals surface area contributed by atoms with Gasteiger partial charge in [-0.25, -0.2) is 13.4 Å². The molecule has 9 heteroatoms. The van der Waals surface area contributed by atoms with Crippen molar-refractivity contribution in [3.8, 4) is 0 Å². The molecule has 29 heavy (non-hydrogen) atoms. The van der Waals surface area contributed by atoms with Crippen LogP contribution >= 0.6 is 23.4 Å². The molecule has 1 atom stereocenters. The second-order valence-electron chi connectivity index (χ2n) is 6.05. The van der Waals surface area contributed by atoms with Gasteiger partial charge >= 0.3 is 0 Å². The zero-order valence-electron chi connectivity index (χ0n) is 15.4. The predicted octanol–water partition coefficient (Wildman–Crippen LogP) is 4.66. The molecule has 0 aliphatic heterocycles. The summed E-state index contributed by atoms with van der Waals surface area (Å²) in [5, 5.41) is 3.08. The summed E-state index contributed by atoms with van der Waals surface area (Å²) >= 11 is 7.27. The summed E-state index contributed by atoms with van der Waals surface area (Å²) in [5.74, 6) is 0.0464. The van der Waals surface area contributed by atoms with Gasteiger partial charge in [0.25, 0.3) is 10.0 Å². The number of nitrogens with one attached hydrogen (secondary N) is 2. The number of benzene rings is 2. The van der Waals surface area contributed by atoms with Crippen LogP contribution in [0.15, 0.2) is 82.7 Å². The molecule has 6 nitrogen and oxygen atoms in total. The maximum absolute atomic E-state index is 12.4. The summed E-state index contributed by atoms with van der Waals surface area (Å²) in [6.45, 7) is 1.80. The molecular formula is C20H18ClN3O3S2. The first kappa shape index (κ1) is 21.2. The first-order chi connectivity index (χ1) is 13.8. The van der Waals surface area contributed by atoms with Gasteiger partial charge in [0.2, 0.25) is 5.91 Å². The van der Waals surface area contributed by atoms with E-state index in [-0.39, 0.29) is 21.9 Å². The number of sulfonamides is 1. The minimum absolute atomic E-state index is 0.0738. The van der Waals surface area contributed by atoms with E-state index in [2.05, 4.69) is 15.0 Å². The van der Waals surface area contributed by atoms with Crippen LogP contribution in [0.4, 0.5) is 11.5 Å². The summed E-state index contributed by atoms with van der Waals surface area (Å²) in [7, 11) is -3.76. The molecule has 0 saturated carbocycles. The van der Waals surface area contributed by atoms with Crippen LogP contribution in [-0.4, -0.2) is 24.6 Å². The van der Waals surface area contributed by atoms with Crippen molar-refractivity contribution < 1.29 is 13.2 Å². The summed E-state index contributed by atoms with van der Waals surface area (Å²) in [6, 6.07) is 18.1. The average molecular weight is 448 g/mol. The molecule has 2 N–H and O–H groups in total. The highest BCUT2D eigenvalue weighted by atomic mass is 35.5. The lowest BCUT2D eigenvalue weighted by Gasteiger charge is -2.13. The van der Waals surface area contributed by atoms with E-state index in [0.29, 0.717) is 10.7 Å². The van der Waals surface area contributed by atoms with Gasteiger partial charge in [0.05, 0.1) is 10.1 Å². The number of thioether (sulfide) groups is 1. The Kier molecular flexibility index (Phi) is 6.79. The van der Waals surface area contributed by atoms with Crippen molar-refractivity contribution in [2.75, 3.05) is 10.0 Å². The number of anilines is 2. The van der Waals surface area contributed by atoms with Crippen LogP contribution in [0.2, 0.25) is 5.02 Å². The van der Waals surface area contributed by atoms with E-state index in [4.69, 9.17) is 11.6 Å². The molecule has 3 rings (SSSR count). The quantitative estimate of drug-likeness (QED) is 0.514. The van der Waals surface area contributed by atoms with Crippen molar-refractivity contribution in [2.24, 2.45) is 0 Å². The van der Waals surface area contributed by atoms with Crippen molar-refractivity contribution in [3.63, 3.8) is 0 Å². The lowest BCUT2D eigenvalue weighted by molar-refractivity contribution is -0.115. The van der Waals surface area contributed by atoms with Crippen LogP contribution in [0.25, 0.3) is 0 Å². The van der Waals surface area contributed by atoms with Crippen LogP contribution in [0, 0.1) is 0 Å². The molecule has 0 spiro atoms. The first-order valence-electron chi connectivity index (χ1n) is 8.60. The van der Waals surface area contributed by atoms with E-state index >= 15 is 0 Å². The monoisotopic (exact) mass is 447 g/mol. The minimum atomic E-state index is -3.76. The van der Waals surface area contributed by atoms with Crippen molar-refractivity contribution in [1.82, 2.24) is 4.98 Å². The largest absolute Gasteiger partial charge is 0.325 e. The zero-order chi connectivity index (χ0) is 20.9. The average Bonchev–Trinajstić information content (AvgIpc) is 2.70. The number of aromatic nitrogens is 1. The molecule has 0 aliphatic rings. The van der Waals surface area contributed by atoms with Gasteiger partial charge in [-0.15, -0.1) is 11.8 Å². The fourth-order valence-electron chi connectivity index (χ4n) is 2.35. The van der Waals surface area contributed by atoms with Crippen LogP contribution in [0.1, 0.15) is 6.92 Å². The fourth-order valence-corrected chi connectivity index (χ4v) is 4.35. The highest BCUT2D eigenvalue weighted by Gasteiger charge is 2.17. The van der Waals surface area contributed by atoms with Crippen molar-refractivity contribution in [1.29, 1.82) is 0 Å². The van der Waals surface area contributed by atoms with E-state index in [1.54, 1.807) is 49.4 Å². The van der Waals surface area contributed by atoms with Crippen molar-refractivity contribution >= 4 is 50.8 Å². The molecule has 1 heterocycles. The number of carbonyl (C=O) groups excluding carboxylic acids is 1. The molecule has 0 unspecified atom stereocenters. The lowest BCUT2D eigenvalue weighted by Crippen LogP contribution is -2.22. The van der Waals surface area contributed by atoms with Crippen LogP contribution in [-0.2, 0) is 14.8 Å². The molecule has 0 radical (unpaired) electrons. The summed E-state index contributed by atoms with van der Waals surface area (Å²) in [6.07, 6.45) is 1.50. The summed E-state index contributed by atoms with van der Waals surface area (Å²) < 4.78 is 27.2. The molecule has 150 valence electrons. The molecule has 3 aromatic rings. The number of pyridine rings is 1. The Morgan fingerprint density at radius 3 is 2.34 bits per heavy atom. The highest BCUT2D eigenvalue weighted by Crippen LogP contribution is 2.26. The SMILES string of the molecule is C[C@H](Sc1ccc(Cl)cc1)C(=O)Nc1ccc(S(=O)(=O)Nc2ccccn2)cc1. The number of halogens is 1. The maximum atomic E-state index is 12.4. The number of rotatable bonds is 7. The molecule has 0 bridgehead atoms. The first-order valence-corrected chi connectivity index (χ1v) is 11.3. The van der Waals surface area contributed by atoms with Crippen LogP contribution in [0.5, 0.6) is 0 Å². The number of carbonyl (C=O) groups is 1. The van der Waals surface area contributed by atoms with E-state index < -0.39 is 10.0 Å². The predicted molar refractivity (Wildman–Crippen MR) is 117 cm³/mol. The summed E-state index contributed by atoms with van der Waals surface area (Å²) in [5.41, 5.74) is 0.510. The van der Waals surface area contributed by atoms with Gasteiger partial charge in [-0.05, 0) is 67.6 Å². The molecule has 0 saturated heterocycles. The van der Waals surface area contributed by atoms with Crippen LogP contribution < -0.4 is 10.0 Å². The van der Waals surface area contributed by atoms with Crippen molar-refractivity contribution in [3.05, 3.63) is 77.9 Å². The van der Waals surface area contributed by atoms with Gasteiger partial charge < -0.3 is 5.32 Å². The van der Waals surface area contributed by atoms with Crippen molar-refractivity contribution in [2.45, 2.75) is 22.0 Å². The maximum Gasteiger partial charge on any atom is 0.263 e. The van der Waals surface area contributed by atoms with E-state index in [1.165, 1.54) is 30.1 Å². The van der Waals surface area contributed by atoms with Gasteiger partial charge in [0.1, 0.15) is 5.82 Å². The van der Waals surface area contributed by atoms with E-state index in [0.717, 1.165) is 4.90 Å². The normalized spacial score (nSPS) is 12.2. The third kappa shape index (κ3) is 5.96. The second kappa shape index (κ2) is 9.30. The van der Waals surface area contributed by atoms with Gasteiger partial charge in [-0.1, -0.05) is 17.7 Å². The Bertz CT molecular complexity index is 1070. The topological polar surface area (TPSA) is 88.2 Å². The Balaban J connectivity index is 1.62. The molecular weight excluding hydrogens is 430 g/mol. The highest BCUT2D eigenvalue weighted by molar-refractivity contribution is 8.00. The lowest BCUT2D eigenvalue weighted by atomic mass is 10.3. The molecule has 1 amide bonds. The second-order valence-corrected chi connectivity index (χ2v) is 9.58. The van der Waals surface area contributed by atoms with E-state index in [9.17, 15) is 13.2 Å². The Morgan fingerprint density at radius 2 is 1.72 bits per heavy atom. The van der Waals surface area contributed by atoms with Gasteiger partial charge in [-0.3, -0.25) is 9.52 Å². The van der Waals surface area contributed by atoms with Crippen LogP contribution in [0.3, 0.4) is 0 Å². The Labute approximate surface area is 178 Å². The number of nitrogens with zero attached hydrogens (tertiary/aromatic N) is 1. The van der Waals surface area contributed by atoms with Gasteiger partial charge in [0, 0.05) is 21.8 Å². The third-order valence-corrected chi connectivity index (χ3v) is 6.57. The van der Waals surface area contributed by atoms with E-state index in [1.807, 2.05) is 12.1 Å². The zero-order valence-corrected chi connectivity index (χ0v) is 17.8. The number of hydrogen-bond acceptors (Lipinski definition) is 5. The summed E-state index contributed by atoms with van der Waals surface area (Å²) in [4.78, 5) is 17.4. The molecule has 1 aromatic heterocycles. The Hall–Kier alpha value is -2.55. The Morgan fingerprint density at radius 1 is 1.03 bits per heavy atom. The molecule has 0 fully saturated rings.